The van der Waals surface area contributed by atoms with Crippen LogP contribution in [0.4, 0.5) is 18.9 Å². The molecule has 1 amide bonds. The van der Waals surface area contributed by atoms with E-state index in [1.54, 1.807) is 48.5 Å². The highest BCUT2D eigenvalue weighted by molar-refractivity contribution is 6.35. The molecule has 4 rings (SSSR count). The zero-order valence-corrected chi connectivity index (χ0v) is 23.3. The van der Waals surface area contributed by atoms with E-state index in [4.69, 9.17) is 23.2 Å². The molecule has 0 aliphatic carbocycles. The number of benzene rings is 3. The van der Waals surface area contributed by atoms with E-state index < -0.39 is 30.5 Å². The highest BCUT2D eigenvalue weighted by Crippen LogP contribution is 2.36. The van der Waals surface area contributed by atoms with E-state index in [0.717, 1.165) is 16.7 Å². The third kappa shape index (κ3) is 7.49. The lowest BCUT2D eigenvalue weighted by Crippen LogP contribution is -2.42. The van der Waals surface area contributed by atoms with Crippen LogP contribution >= 0.6 is 23.2 Å². The lowest BCUT2D eigenvalue weighted by Gasteiger charge is -2.30. The monoisotopic (exact) mass is 592 g/mol. The Morgan fingerprint density at radius 2 is 1.80 bits per heavy atom. The Bertz CT molecular complexity index is 1380. The van der Waals surface area contributed by atoms with E-state index in [9.17, 15) is 27.9 Å². The van der Waals surface area contributed by atoms with E-state index in [1.165, 1.54) is 4.90 Å². The summed E-state index contributed by atoms with van der Waals surface area (Å²) in [7, 11) is 0. The van der Waals surface area contributed by atoms with Crippen molar-refractivity contribution in [1.29, 1.82) is 0 Å². The van der Waals surface area contributed by atoms with Crippen molar-refractivity contribution in [3.63, 3.8) is 0 Å². The van der Waals surface area contributed by atoms with Crippen LogP contribution in [-0.4, -0.2) is 41.1 Å². The Hall–Kier alpha value is -3.23. The number of rotatable bonds is 8. The number of amides is 1. The van der Waals surface area contributed by atoms with Crippen molar-refractivity contribution in [2.45, 2.75) is 44.8 Å². The molecule has 3 aromatic carbocycles. The van der Waals surface area contributed by atoms with E-state index in [2.05, 4.69) is 5.32 Å². The van der Waals surface area contributed by atoms with Gasteiger partial charge in [0.05, 0.1) is 12.0 Å². The molecule has 3 aromatic rings. The van der Waals surface area contributed by atoms with Crippen LogP contribution in [-0.2, 0) is 4.79 Å². The molecule has 40 heavy (non-hydrogen) atoms. The van der Waals surface area contributed by atoms with Crippen molar-refractivity contribution in [3.8, 4) is 11.1 Å². The van der Waals surface area contributed by atoms with E-state index in [0.29, 0.717) is 46.2 Å². The molecule has 1 heterocycles. The van der Waals surface area contributed by atoms with Gasteiger partial charge in [-0.25, -0.2) is 0 Å². The number of hydrogen-bond donors (Lipinski definition) is 2. The smallest absolute Gasteiger partial charge is 0.389 e. The molecule has 1 aliphatic heterocycles. The van der Waals surface area contributed by atoms with Crippen LogP contribution in [0.2, 0.25) is 10.0 Å². The molecular formula is C30H29Cl2F3N2O3. The summed E-state index contributed by atoms with van der Waals surface area (Å²) in [6.45, 7) is 2.48. The molecule has 0 aromatic heterocycles. The Morgan fingerprint density at radius 3 is 2.45 bits per heavy atom. The van der Waals surface area contributed by atoms with Crippen LogP contribution in [0.15, 0.2) is 60.7 Å². The first-order chi connectivity index (χ1) is 18.9. The number of nitrogens with one attached hydrogen (secondary N) is 1. The SMILES string of the molecule is Cc1cc(-c2cc(Cl)ccc2Cl)ccc1C(CCC(F)(F)F)Nc1ccc(C(=O)N2CCC[C@@H](C(=O)O)C2)cc1. The first-order valence-corrected chi connectivity index (χ1v) is 13.7. The Balaban J connectivity index is 1.54. The summed E-state index contributed by atoms with van der Waals surface area (Å²) < 4.78 is 39.6. The van der Waals surface area contributed by atoms with Crippen LogP contribution < -0.4 is 5.32 Å². The zero-order valence-electron chi connectivity index (χ0n) is 21.8. The van der Waals surface area contributed by atoms with Crippen molar-refractivity contribution in [2.75, 3.05) is 18.4 Å². The maximum Gasteiger partial charge on any atom is 0.389 e. The quantitative estimate of drug-likeness (QED) is 0.275. The average molecular weight is 593 g/mol. The van der Waals surface area contributed by atoms with E-state index in [-0.39, 0.29) is 18.9 Å². The number of carbonyl (C=O) groups is 2. The van der Waals surface area contributed by atoms with Gasteiger partial charge in [0.15, 0.2) is 0 Å². The fourth-order valence-electron chi connectivity index (χ4n) is 5.02. The fraction of sp³-hybridized carbons (Fsp3) is 0.333. The van der Waals surface area contributed by atoms with Gasteiger partial charge < -0.3 is 15.3 Å². The molecule has 2 N–H and O–H groups in total. The van der Waals surface area contributed by atoms with E-state index in [1.807, 2.05) is 19.1 Å². The lowest BCUT2D eigenvalue weighted by molar-refractivity contribution is -0.143. The predicted molar refractivity (Wildman–Crippen MR) is 151 cm³/mol. The third-order valence-electron chi connectivity index (χ3n) is 7.13. The van der Waals surface area contributed by atoms with Crippen molar-refractivity contribution < 1.29 is 27.9 Å². The second kappa shape index (κ2) is 12.5. The van der Waals surface area contributed by atoms with Gasteiger partial charge in [0.1, 0.15) is 0 Å². The molecule has 0 spiro atoms. The first kappa shape index (κ1) is 29.7. The van der Waals surface area contributed by atoms with Gasteiger partial charge >= 0.3 is 12.1 Å². The van der Waals surface area contributed by atoms with Crippen molar-refractivity contribution in [2.24, 2.45) is 5.92 Å². The molecule has 1 unspecified atom stereocenters. The Morgan fingerprint density at radius 1 is 1.07 bits per heavy atom. The number of aliphatic carboxylic acids is 1. The van der Waals surface area contributed by atoms with Crippen molar-refractivity contribution in [3.05, 3.63) is 87.4 Å². The summed E-state index contributed by atoms with van der Waals surface area (Å²) in [5.41, 5.74) is 3.98. The number of carbonyl (C=O) groups excluding carboxylic acids is 1. The second-order valence-corrected chi connectivity index (χ2v) is 10.9. The highest BCUT2D eigenvalue weighted by Gasteiger charge is 2.30. The zero-order chi connectivity index (χ0) is 29.0. The van der Waals surface area contributed by atoms with Gasteiger partial charge in [-0.1, -0.05) is 41.4 Å². The minimum Gasteiger partial charge on any atom is -0.481 e. The first-order valence-electron chi connectivity index (χ1n) is 12.9. The van der Waals surface area contributed by atoms with Gasteiger partial charge in [0.25, 0.3) is 5.91 Å². The number of aryl methyl sites for hydroxylation is 1. The van der Waals surface area contributed by atoms with Crippen molar-refractivity contribution in [1.82, 2.24) is 4.90 Å². The fourth-order valence-corrected chi connectivity index (χ4v) is 5.42. The minimum atomic E-state index is -4.32. The molecule has 1 aliphatic rings. The number of likely N-dealkylation sites (tertiary alicyclic amines) is 1. The summed E-state index contributed by atoms with van der Waals surface area (Å²) in [5, 5.41) is 13.5. The lowest BCUT2D eigenvalue weighted by atomic mass is 9.93. The molecule has 1 fully saturated rings. The maximum atomic E-state index is 13.2. The normalized spacial score (nSPS) is 16.4. The minimum absolute atomic E-state index is 0.156. The molecule has 5 nitrogen and oxygen atoms in total. The second-order valence-electron chi connectivity index (χ2n) is 10.1. The molecule has 0 saturated carbocycles. The van der Waals surface area contributed by atoms with Crippen LogP contribution in [0.3, 0.4) is 0 Å². The summed E-state index contributed by atoms with van der Waals surface area (Å²) in [6, 6.07) is 16.5. The summed E-state index contributed by atoms with van der Waals surface area (Å²) >= 11 is 12.5. The number of nitrogens with zero attached hydrogens (tertiary/aromatic N) is 1. The standard InChI is InChI=1S/C30H29Cl2F3N2O3/c1-18-15-20(25-16-22(31)7-11-26(25)32)6-10-24(18)27(12-13-30(33,34)35)36-23-8-4-19(5-9-23)28(38)37-14-2-3-21(17-37)29(39)40/h4-11,15-16,21,27,36H,2-3,12-14,17H2,1H3,(H,39,40)/t21-,27?/m1/s1. The largest absolute Gasteiger partial charge is 0.481 e. The number of hydrogen-bond acceptors (Lipinski definition) is 3. The van der Waals surface area contributed by atoms with Crippen molar-refractivity contribution >= 4 is 40.8 Å². The average Bonchev–Trinajstić information content (AvgIpc) is 2.92. The summed E-state index contributed by atoms with van der Waals surface area (Å²) in [5.74, 6) is -1.77. The number of carboxylic acids is 1. The Labute approximate surface area is 240 Å². The number of anilines is 1. The van der Waals surface area contributed by atoms with Gasteiger partial charge in [0, 0.05) is 46.4 Å². The van der Waals surface area contributed by atoms with Gasteiger partial charge in [-0.15, -0.1) is 0 Å². The molecule has 0 bridgehead atoms. The Kier molecular flexibility index (Phi) is 9.31. The van der Waals surface area contributed by atoms with Crippen LogP contribution in [0, 0.1) is 12.8 Å². The van der Waals surface area contributed by atoms with Gasteiger partial charge in [-0.3, -0.25) is 9.59 Å². The maximum absolute atomic E-state index is 13.2. The predicted octanol–water partition coefficient (Wildman–Crippen LogP) is 8.40. The van der Waals surface area contributed by atoms with Crippen LogP contribution in [0.5, 0.6) is 0 Å². The third-order valence-corrected chi connectivity index (χ3v) is 7.70. The molecular weight excluding hydrogens is 564 g/mol. The van der Waals surface area contributed by atoms with Crippen LogP contribution in [0.25, 0.3) is 11.1 Å². The molecule has 2 atom stereocenters. The van der Waals surface area contributed by atoms with Crippen LogP contribution in [0.1, 0.15) is 53.2 Å². The number of halogens is 5. The number of carboxylic acid groups (broad SMARTS) is 1. The summed E-state index contributed by atoms with van der Waals surface area (Å²) in [4.78, 5) is 25.8. The number of alkyl halides is 3. The molecule has 0 radical (unpaired) electrons. The molecule has 10 heteroatoms. The van der Waals surface area contributed by atoms with E-state index >= 15 is 0 Å². The number of piperidine rings is 1. The van der Waals surface area contributed by atoms with Gasteiger partial charge in [-0.2, -0.15) is 13.2 Å². The molecule has 212 valence electrons. The van der Waals surface area contributed by atoms with Gasteiger partial charge in [-0.05, 0) is 85.3 Å². The van der Waals surface area contributed by atoms with Gasteiger partial charge in [0.2, 0.25) is 0 Å². The summed E-state index contributed by atoms with van der Waals surface area (Å²) in [6.07, 6.45) is -4.33. The topological polar surface area (TPSA) is 69.6 Å². The molecule has 1 saturated heterocycles. The highest BCUT2D eigenvalue weighted by atomic mass is 35.5.